The van der Waals surface area contributed by atoms with Crippen molar-refractivity contribution in [1.82, 2.24) is 0 Å². The summed E-state index contributed by atoms with van der Waals surface area (Å²) in [7, 11) is 0. The molecule has 0 aliphatic carbocycles. The molecule has 3 rings (SSSR count). The molecular formula is C22H22O4S. The van der Waals surface area contributed by atoms with Gasteiger partial charge in [-0.05, 0) is 17.4 Å². The predicted molar refractivity (Wildman–Crippen MR) is 107 cm³/mol. The van der Waals surface area contributed by atoms with Gasteiger partial charge in [0.05, 0.1) is 5.92 Å². The Bertz CT molecular complexity index is 806. The highest BCUT2D eigenvalue weighted by atomic mass is 32.2. The number of allylic oxidation sites excluding steroid dienone is 1. The molecule has 5 heteroatoms. The first kappa shape index (κ1) is 19.2. The molecule has 1 saturated heterocycles. The number of rotatable bonds is 6. The van der Waals surface area contributed by atoms with E-state index in [-0.39, 0.29) is 16.6 Å². The first-order chi connectivity index (χ1) is 13.0. The molecule has 0 bridgehead atoms. The Morgan fingerprint density at radius 1 is 1.04 bits per heavy atom. The second kappa shape index (κ2) is 8.44. The van der Waals surface area contributed by atoms with E-state index in [4.69, 9.17) is 4.74 Å². The fourth-order valence-electron chi connectivity index (χ4n) is 3.23. The summed E-state index contributed by atoms with van der Waals surface area (Å²) in [5, 5.41) is 11.2. The Kier molecular flexibility index (Phi) is 6.01. The van der Waals surface area contributed by atoms with Crippen LogP contribution < -0.4 is 0 Å². The van der Waals surface area contributed by atoms with Gasteiger partial charge in [-0.15, -0.1) is 0 Å². The Balaban J connectivity index is 2.04. The van der Waals surface area contributed by atoms with Crippen LogP contribution in [0.15, 0.2) is 72.0 Å². The number of aliphatic hydroxyl groups is 1. The summed E-state index contributed by atoms with van der Waals surface area (Å²) in [5.41, 5.74) is 1.37. The Labute approximate surface area is 163 Å². The van der Waals surface area contributed by atoms with E-state index >= 15 is 0 Å². The first-order valence-electron chi connectivity index (χ1n) is 8.84. The molecule has 2 unspecified atom stereocenters. The molecule has 1 aliphatic heterocycles. The molecule has 0 spiro atoms. The van der Waals surface area contributed by atoms with Crippen LogP contribution in [0.2, 0.25) is 0 Å². The fourth-order valence-corrected chi connectivity index (χ4v) is 3.60. The molecular weight excluding hydrogens is 360 g/mol. The maximum absolute atomic E-state index is 12.8. The number of benzene rings is 2. The fraction of sp³-hybridized carbons (Fsp3) is 0.273. The summed E-state index contributed by atoms with van der Waals surface area (Å²) in [6, 6.07) is 18.7. The zero-order chi connectivity index (χ0) is 19.4. The Morgan fingerprint density at radius 3 is 2.04 bits per heavy atom. The largest absolute Gasteiger partial charge is 0.510 e. The van der Waals surface area contributed by atoms with Crippen LogP contribution in [0.25, 0.3) is 0 Å². The van der Waals surface area contributed by atoms with Gasteiger partial charge in [0.25, 0.3) is 0 Å². The number of carbonyl (C=O) groups is 2. The average Bonchev–Trinajstić information content (AvgIpc) is 2.96. The van der Waals surface area contributed by atoms with Crippen LogP contribution >= 0.6 is 11.8 Å². The van der Waals surface area contributed by atoms with Crippen LogP contribution in [0, 0.1) is 0 Å². The van der Waals surface area contributed by atoms with E-state index in [2.05, 4.69) is 0 Å². The number of esters is 1. The lowest BCUT2D eigenvalue weighted by Gasteiger charge is -2.18. The smallest absolute Gasteiger partial charge is 0.346 e. The van der Waals surface area contributed by atoms with Crippen LogP contribution in [-0.4, -0.2) is 34.5 Å². The van der Waals surface area contributed by atoms with E-state index in [1.807, 2.05) is 73.8 Å². The Hall–Kier alpha value is -2.53. The average molecular weight is 382 g/mol. The van der Waals surface area contributed by atoms with Crippen molar-refractivity contribution >= 4 is 23.5 Å². The summed E-state index contributed by atoms with van der Waals surface area (Å²) >= 11 is 1.60. The zero-order valence-corrected chi connectivity index (χ0v) is 16.1. The summed E-state index contributed by atoms with van der Waals surface area (Å²) in [5.74, 6) is -2.03. The van der Waals surface area contributed by atoms with Crippen molar-refractivity contribution in [3.05, 3.63) is 83.1 Å². The normalized spacial score (nSPS) is 19.9. The topological polar surface area (TPSA) is 63.6 Å². The van der Waals surface area contributed by atoms with Crippen molar-refractivity contribution in [3.63, 3.8) is 0 Å². The minimum absolute atomic E-state index is 0.173. The molecule has 140 valence electrons. The number of hydrogen-bond donors (Lipinski definition) is 1. The second-order valence-electron chi connectivity index (χ2n) is 6.55. The molecule has 1 fully saturated rings. The molecule has 1 heterocycles. The molecule has 27 heavy (non-hydrogen) atoms. The van der Waals surface area contributed by atoms with E-state index in [9.17, 15) is 14.7 Å². The SMILES string of the molecule is CSC(C)CC1OC(=O)/C(=C(/O)C(c2ccccc2)c2ccccc2)C1=O. The zero-order valence-electron chi connectivity index (χ0n) is 15.3. The van der Waals surface area contributed by atoms with Crippen LogP contribution in [0.5, 0.6) is 0 Å². The van der Waals surface area contributed by atoms with Gasteiger partial charge in [0, 0.05) is 11.7 Å². The number of ketones is 1. The highest BCUT2D eigenvalue weighted by Gasteiger charge is 2.43. The lowest BCUT2D eigenvalue weighted by atomic mass is 9.86. The van der Waals surface area contributed by atoms with Gasteiger partial charge in [-0.3, -0.25) is 4.79 Å². The number of carbonyl (C=O) groups excluding carboxylic acids is 2. The number of hydrogen-bond acceptors (Lipinski definition) is 5. The molecule has 2 aromatic carbocycles. The predicted octanol–water partition coefficient (Wildman–Crippen LogP) is 4.27. The van der Waals surface area contributed by atoms with Crippen LogP contribution in [0.4, 0.5) is 0 Å². The molecule has 2 aromatic rings. The van der Waals surface area contributed by atoms with Gasteiger partial charge in [-0.1, -0.05) is 67.6 Å². The van der Waals surface area contributed by atoms with Crippen molar-refractivity contribution in [1.29, 1.82) is 0 Å². The molecule has 1 aliphatic rings. The molecule has 2 atom stereocenters. The van der Waals surface area contributed by atoms with Gasteiger partial charge in [-0.25, -0.2) is 4.79 Å². The van der Waals surface area contributed by atoms with Crippen LogP contribution in [-0.2, 0) is 14.3 Å². The van der Waals surface area contributed by atoms with Crippen molar-refractivity contribution in [2.24, 2.45) is 0 Å². The lowest BCUT2D eigenvalue weighted by Crippen LogP contribution is -2.21. The van der Waals surface area contributed by atoms with E-state index in [1.54, 1.807) is 11.8 Å². The van der Waals surface area contributed by atoms with Crippen LogP contribution in [0.3, 0.4) is 0 Å². The maximum atomic E-state index is 12.8. The number of ether oxygens (including phenoxy) is 1. The lowest BCUT2D eigenvalue weighted by molar-refractivity contribution is -0.141. The third kappa shape index (κ3) is 4.08. The summed E-state index contributed by atoms with van der Waals surface area (Å²) in [6.45, 7) is 1.98. The number of thioether (sulfide) groups is 1. The maximum Gasteiger partial charge on any atom is 0.346 e. The highest BCUT2D eigenvalue weighted by molar-refractivity contribution is 7.99. The van der Waals surface area contributed by atoms with Gasteiger partial charge < -0.3 is 9.84 Å². The summed E-state index contributed by atoms with van der Waals surface area (Å²) < 4.78 is 5.28. The molecule has 0 saturated carbocycles. The van der Waals surface area contributed by atoms with Gasteiger partial charge in [0.1, 0.15) is 11.3 Å². The number of aliphatic hydroxyl groups excluding tert-OH is 1. The van der Waals surface area contributed by atoms with Crippen molar-refractivity contribution < 1.29 is 19.4 Å². The quantitative estimate of drug-likeness (QED) is 0.350. The van der Waals surface area contributed by atoms with Gasteiger partial charge in [0.15, 0.2) is 6.10 Å². The number of cyclic esters (lactones) is 1. The second-order valence-corrected chi connectivity index (χ2v) is 7.83. The molecule has 0 aromatic heterocycles. The third-order valence-electron chi connectivity index (χ3n) is 4.74. The standard InChI is InChI=1S/C22H22O4S/c1-14(27-2)13-17-20(23)19(22(25)26-17)21(24)18(15-9-5-3-6-10-15)16-11-7-4-8-12-16/h3-12,14,17-18,24H,13H2,1-2H3/b21-19+. The third-order valence-corrected chi connectivity index (χ3v) is 5.73. The van der Waals surface area contributed by atoms with Crippen molar-refractivity contribution in [3.8, 4) is 0 Å². The van der Waals surface area contributed by atoms with E-state index in [0.717, 1.165) is 11.1 Å². The van der Waals surface area contributed by atoms with E-state index < -0.39 is 23.8 Å². The van der Waals surface area contributed by atoms with E-state index in [1.165, 1.54) is 0 Å². The number of Topliss-reactive ketones (excluding diaryl/α,β-unsaturated/α-hetero) is 1. The summed E-state index contributed by atoms with van der Waals surface area (Å²) in [6.07, 6.45) is 1.55. The molecule has 1 N–H and O–H groups in total. The van der Waals surface area contributed by atoms with Gasteiger partial charge >= 0.3 is 5.97 Å². The highest BCUT2D eigenvalue weighted by Crippen LogP contribution is 2.35. The van der Waals surface area contributed by atoms with Crippen LogP contribution in [0.1, 0.15) is 30.4 Å². The molecule has 0 amide bonds. The monoisotopic (exact) mass is 382 g/mol. The van der Waals surface area contributed by atoms with E-state index in [0.29, 0.717) is 6.42 Å². The summed E-state index contributed by atoms with van der Waals surface area (Å²) in [4.78, 5) is 25.2. The Morgan fingerprint density at radius 2 is 1.56 bits per heavy atom. The first-order valence-corrected chi connectivity index (χ1v) is 10.1. The van der Waals surface area contributed by atoms with Gasteiger partial charge in [-0.2, -0.15) is 11.8 Å². The van der Waals surface area contributed by atoms with Gasteiger partial charge in [0.2, 0.25) is 5.78 Å². The van der Waals surface area contributed by atoms with Crippen molar-refractivity contribution in [2.45, 2.75) is 30.6 Å². The minimum Gasteiger partial charge on any atom is -0.510 e. The minimum atomic E-state index is -0.829. The molecule has 0 radical (unpaired) electrons. The molecule has 4 nitrogen and oxygen atoms in total. The van der Waals surface area contributed by atoms with Crippen molar-refractivity contribution in [2.75, 3.05) is 6.26 Å².